The first-order valence-corrected chi connectivity index (χ1v) is 14.6. The summed E-state index contributed by atoms with van der Waals surface area (Å²) in [4.78, 5) is 18.9. The predicted molar refractivity (Wildman–Crippen MR) is 174 cm³/mol. The van der Waals surface area contributed by atoms with Gasteiger partial charge < -0.3 is 29.8 Å². The first-order valence-electron chi connectivity index (χ1n) is 13.4. The fraction of sp³-hybridized carbons (Fsp3) is 0.0938. The minimum atomic E-state index is -0.269. The van der Waals surface area contributed by atoms with Crippen molar-refractivity contribution in [3.8, 4) is 23.1 Å². The molecule has 0 atom stereocenters. The van der Waals surface area contributed by atoms with Crippen LogP contribution in [-0.4, -0.2) is 24.8 Å². The number of aromatic hydroxyl groups is 1. The van der Waals surface area contributed by atoms with Crippen LogP contribution < -0.4 is 25.0 Å². The molecule has 0 saturated heterocycles. The number of nitrogens with one attached hydrogen (secondary N) is 3. The van der Waals surface area contributed by atoms with Crippen molar-refractivity contribution < 1.29 is 14.6 Å². The van der Waals surface area contributed by atoms with E-state index in [9.17, 15) is 9.90 Å². The zero-order valence-electron chi connectivity index (χ0n) is 23.0. The highest BCUT2D eigenvalue weighted by atomic mass is 32.1. The molecule has 2 aromatic heterocycles. The van der Waals surface area contributed by atoms with E-state index >= 15 is 0 Å². The third-order valence-corrected chi connectivity index (χ3v) is 7.76. The fourth-order valence-corrected chi connectivity index (χ4v) is 5.47. The number of benzene rings is 4. The Morgan fingerprint density at radius 2 is 1.60 bits per heavy atom. The lowest BCUT2D eigenvalue weighted by Crippen LogP contribution is -2.18. The van der Waals surface area contributed by atoms with E-state index in [1.54, 1.807) is 0 Å². The second kappa shape index (κ2) is 12.4. The maximum atomic E-state index is 11.4. The van der Waals surface area contributed by atoms with Gasteiger partial charge in [0.15, 0.2) is 5.11 Å². The summed E-state index contributed by atoms with van der Waals surface area (Å²) in [5.74, 6) is 2.78. The normalized spacial score (nSPS) is 10.9. The average Bonchev–Trinajstić information content (AvgIpc) is 3.50. The summed E-state index contributed by atoms with van der Waals surface area (Å²) in [6, 6.07) is 30.7. The van der Waals surface area contributed by atoms with Crippen molar-refractivity contribution in [2.24, 2.45) is 7.05 Å². The van der Waals surface area contributed by atoms with Crippen LogP contribution >= 0.6 is 23.6 Å². The molecule has 4 aromatic carbocycles. The van der Waals surface area contributed by atoms with Crippen LogP contribution in [0.15, 0.2) is 102 Å². The standard InChI is InChI=1S/C32H27N5O4S2/c1-37-27-18-25(41-24-13-9-22(10-14-24)34-31(42)33-21-5-3-2-4-6-21)15-16-26(27)35-29(37)19-40-23-11-7-20(8-12-23)17-28-30(38)36-32(39)43-28/h2-16,18,38H,17,19H2,1H3,(H,36,39)(H2,33,34,42). The summed E-state index contributed by atoms with van der Waals surface area (Å²) in [7, 11) is 1.95. The number of H-pyrrole nitrogens is 1. The third-order valence-electron chi connectivity index (χ3n) is 6.68. The highest BCUT2D eigenvalue weighted by Gasteiger charge is 2.12. The smallest absolute Gasteiger partial charge is 0.307 e. The van der Waals surface area contributed by atoms with Crippen LogP contribution in [0.2, 0.25) is 0 Å². The molecule has 6 aromatic rings. The second-order valence-corrected chi connectivity index (χ2v) is 11.2. The summed E-state index contributed by atoms with van der Waals surface area (Å²) in [5, 5.41) is 16.7. The van der Waals surface area contributed by atoms with Gasteiger partial charge in [0.1, 0.15) is 29.7 Å². The number of rotatable bonds is 9. The molecular weight excluding hydrogens is 583 g/mol. The van der Waals surface area contributed by atoms with Gasteiger partial charge in [0.2, 0.25) is 5.88 Å². The minimum absolute atomic E-state index is 0.0750. The monoisotopic (exact) mass is 609 g/mol. The van der Waals surface area contributed by atoms with Gasteiger partial charge >= 0.3 is 4.87 Å². The number of nitrogens with zero attached hydrogens (tertiary/aromatic N) is 2. The molecule has 43 heavy (non-hydrogen) atoms. The van der Waals surface area contributed by atoms with Gasteiger partial charge in [-0.1, -0.05) is 41.7 Å². The number of fused-ring (bicyclic) bond motifs is 1. The summed E-state index contributed by atoms with van der Waals surface area (Å²) in [5.41, 5.74) is 4.49. The van der Waals surface area contributed by atoms with E-state index in [2.05, 4.69) is 15.6 Å². The van der Waals surface area contributed by atoms with Gasteiger partial charge in [-0.25, -0.2) is 4.98 Å². The molecule has 2 heterocycles. The Hall–Kier alpha value is -5.13. The van der Waals surface area contributed by atoms with Crippen molar-refractivity contribution in [3.05, 3.63) is 123 Å². The van der Waals surface area contributed by atoms with Crippen LogP contribution in [0.1, 0.15) is 16.3 Å². The molecule has 0 saturated carbocycles. The molecule has 0 fully saturated rings. The highest BCUT2D eigenvalue weighted by Crippen LogP contribution is 2.28. The molecule has 4 N–H and O–H groups in total. The first kappa shape index (κ1) is 28.0. The fourth-order valence-electron chi connectivity index (χ4n) is 4.48. The predicted octanol–water partition coefficient (Wildman–Crippen LogP) is 6.80. The third kappa shape index (κ3) is 6.85. The van der Waals surface area contributed by atoms with Gasteiger partial charge in [0.25, 0.3) is 0 Å². The Morgan fingerprint density at radius 3 is 2.30 bits per heavy atom. The summed E-state index contributed by atoms with van der Waals surface area (Å²) in [6.45, 7) is 0.288. The van der Waals surface area contributed by atoms with Gasteiger partial charge in [-0.15, -0.1) is 0 Å². The molecule has 0 radical (unpaired) electrons. The van der Waals surface area contributed by atoms with Crippen molar-refractivity contribution in [1.82, 2.24) is 14.5 Å². The number of anilines is 2. The maximum Gasteiger partial charge on any atom is 0.307 e. The number of para-hydroxylation sites is 1. The lowest BCUT2D eigenvalue weighted by Gasteiger charge is -2.11. The molecule has 216 valence electrons. The first-order chi connectivity index (χ1) is 20.9. The summed E-state index contributed by atoms with van der Waals surface area (Å²) in [6.07, 6.45) is 0.464. The lowest BCUT2D eigenvalue weighted by molar-refractivity contribution is 0.292. The van der Waals surface area contributed by atoms with E-state index in [4.69, 9.17) is 26.7 Å². The number of aryl methyl sites for hydroxylation is 1. The molecule has 0 spiro atoms. The van der Waals surface area contributed by atoms with Gasteiger partial charge in [-0.3, -0.25) is 9.78 Å². The van der Waals surface area contributed by atoms with Crippen LogP contribution in [0.3, 0.4) is 0 Å². The van der Waals surface area contributed by atoms with E-state index in [0.29, 0.717) is 33.7 Å². The summed E-state index contributed by atoms with van der Waals surface area (Å²) < 4.78 is 14.1. The molecule has 9 nitrogen and oxygen atoms in total. The average molecular weight is 610 g/mol. The Morgan fingerprint density at radius 1 is 0.930 bits per heavy atom. The van der Waals surface area contributed by atoms with Gasteiger partial charge in [0.05, 0.1) is 15.9 Å². The topological polar surface area (TPSA) is 113 Å². The Balaban J connectivity index is 1.06. The number of thiazole rings is 1. The SMILES string of the molecule is Cn1c(COc2ccc(Cc3sc(=O)[nH]c3O)cc2)nc2ccc(Oc3ccc(NC(=S)Nc4ccccc4)cc3)cc21. The largest absolute Gasteiger partial charge is 0.494 e. The molecule has 0 aliphatic heterocycles. The molecule has 11 heteroatoms. The number of hydrogen-bond acceptors (Lipinski definition) is 7. The number of imidazole rings is 1. The molecule has 0 amide bonds. The number of thiocarbonyl (C=S) groups is 1. The minimum Gasteiger partial charge on any atom is -0.494 e. The van der Waals surface area contributed by atoms with Crippen LogP contribution in [0.4, 0.5) is 11.4 Å². The van der Waals surface area contributed by atoms with Gasteiger partial charge in [-0.2, -0.15) is 0 Å². The van der Waals surface area contributed by atoms with E-state index in [1.807, 2.05) is 109 Å². The zero-order valence-corrected chi connectivity index (χ0v) is 24.7. The lowest BCUT2D eigenvalue weighted by atomic mass is 10.1. The Bertz CT molecular complexity index is 1930. The zero-order chi connectivity index (χ0) is 29.8. The van der Waals surface area contributed by atoms with Crippen molar-refractivity contribution in [2.75, 3.05) is 10.6 Å². The van der Waals surface area contributed by atoms with Crippen LogP contribution in [0.25, 0.3) is 11.0 Å². The Kier molecular flexibility index (Phi) is 8.07. The van der Waals surface area contributed by atoms with Crippen LogP contribution in [-0.2, 0) is 20.1 Å². The number of aromatic nitrogens is 3. The van der Waals surface area contributed by atoms with E-state index in [-0.39, 0.29) is 17.4 Å². The van der Waals surface area contributed by atoms with E-state index < -0.39 is 0 Å². The second-order valence-electron chi connectivity index (χ2n) is 9.70. The van der Waals surface area contributed by atoms with Crippen LogP contribution in [0, 0.1) is 0 Å². The molecular formula is C32H27N5O4S2. The van der Waals surface area contributed by atoms with Crippen molar-refractivity contribution in [2.45, 2.75) is 13.0 Å². The summed E-state index contributed by atoms with van der Waals surface area (Å²) >= 11 is 6.41. The molecule has 0 aliphatic carbocycles. The maximum absolute atomic E-state index is 11.4. The number of ether oxygens (including phenoxy) is 2. The number of aromatic amines is 1. The van der Waals surface area contributed by atoms with Crippen molar-refractivity contribution in [1.29, 1.82) is 0 Å². The molecule has 0 unspecified atom stereocenters. The van der Waals surface area contributed by atoms with Gasteiger partial charge in [0, 0.05) is 30.9 Å². The molecule has 0 bridgehead atoms. The van der Waals surface area contributed by atoms with Crippen LogP contribution in [0.5, 0.6) is 23.1 Å². The Labute approximate surface area is 256 Å². The molecule has 6 rings (SSSR count). The highest BCUT2D eigenvalue weighted by molar-refractivity contribution is 7.80. The number of hydrogen-bond donors (Lipinski definition) is 4. The quantitative estimate of drug-likeness (QED) is 0.132. The van der Waals surface area contributed by atoms with Crippen molar-refractivity contribution in [3.63, 3.8) is 0 Å². The van der Waals surface area contributed by atoms with Crippen molar-refractivity contribution >= 4 is 51.1 Å². The molecule has 0 aliphatic rings. The van der Waals surface area contributed by atoms with E-state index in [0.717, 1.165) is 45.1 Å². The van der Waals surface area contributed by atoms with E-state index in [1.165, 1.54) is 0 Å². The van der Waals surface area contributed by atoms with Gasteiger partial charge in [-0.05, 0) is 78.4 Å².